The lowest BCUT2D eigenvalue weighted by atomic mass is 9.46. The smallest absolute Gasteiger partial charge is 0.329 e. The summed E-state index contributed by atoms with van der Waals surface area (Å²) in [7, 11) is 0. The Labute approximate surface area is 251 Å². The van der Waals surface area contributed by atoms with Crippen LogP contribution in [0.4, 0.5) is 5.69 Å². The quantitative estimate of drug-likeness (QED) is 0.196. The molecule has 4 aliphatic carbocycles. The molecule has 1 aromatic rings. The van der Waals surface area contributed by atoms with Crippen LogP contribution >= 0.6 is 0 Å². The van der Waals surface area contributed by atoms with Gasteiger partial charge in [0.2, 0.25) is 0 Å². The monoisotopic (exact) mass is 595 g/mol. The van der Waals surface area contributed by atoms with E-state index < -0.39 is 41.5 Å². The highest BCUT2D eigenvalue weighted by molar-refractivity contribution is 5.96. The summed E-state index contributed by atoms with van der Waals surface area (Å²) in [5, 5.41) is 57.0. The molecule has 5 rings (SSSR count). The molecule has 43 heavy (non-hydrogen) atoms. The molecule has 9 atom stereocenters. The average molecular weight is 596 g/mol. The van der Waals surface area contributed by atoms with E-state index >= 15 is 0 Å². The summed E-state index contributed by atoms with van der Waals surface area (Å²) in [6, 6.07) is 3.53. The third kappa shape index (κ3) is 5.47. The molecule has 3 fully saturated rings. The maximum absolute atomic E-state index is 12.5. The Morgan fingerprint density at radius 1 is 1.21 bits per heavy atom. The largest absolute Gasteiger partial charge is 0.595 e. The van der Waals surface area contributed by atoms with Gasteiger partial charge in [-0.05, 0) is 86.2 Å². The molecule has 6 N–H and O–H groups in total. The summed E-state index contributed by atoms with van der Waals surface area (Å²) in [4.78, 5) is 29.6. The van der Waals surface area contributed by atoms with Crippen molar-refractivity contribution >= 4 is 23.3 Å². The van der Waals surface area contributed by atoms with Gasteiger partial charge in [-0.15, -0.1) is 6.42 Å². The molecule has 0 saturated heterocycles. The number of amides is 1. The zero-order chi connectivity index (χ0) is 31.2. The standard InChI is InChI=1S/C32H41N3O8/c1-4-32(40)15-12-25-23-9-8-20-17-21(10-13-30(20,2)24(23)11-14-31(25,32)3)34-43-18-26(36)33-27(29(38)39)28(37)19-6-5-7-22(16-19)35(41)42/h1,5-7,16-17,23-25,27-28,35,37,40-41H,8-15,18H2,2-3H3,(H,33,36)(H,38,39)/t23-,24-,25+,27-,28+,30-,31+,32-/m0/s1. The van der Waals surface area contributed by atoms with Gasteiger partial charge < -0.3 is 30.7 Å². The third-order valence-corrected chi connectivity index (χ3v) is 11.1. The predicted molar refractivity (Wildman–Crippen MR) is 156 cm³/mol. The molecule has 0 bridgehead atoms. The molecule has 4 aliphatic rings. The lowest BCUT2D eigenvalue weighted by Crippen LogP contribution is -2.99. The fourth-order valence-electron chi connectivity index (χ4n) is 8.61. The number of fused-ring (bicyclic) bond motifs is 5. The Morgan fingerprint density at radius 2 is 1.95 bits per heavy atom. The average Bonchev–Trinajstić information content (AvgIpc) is 3.26. The number of oxime groups is 1. The zero-order valence-corrected chi connectivity index (χ0v) is 24.6. The van der Waals surface area contributed by atoms with Crippen LogP contribution in [0.1, 0.15) is 76.9 Å². The van der Waals surface area contributed by atoms with Crippen LogP contribution in [0.15, 0.2) is 41.1 Å². The van der Waals surface area contributed by atoms with Crippen LogP contribution in [-0.4, -0.2) is 56.4 Å². The first kappa shape index (κ1) is 31.2. The second kappa shape index (κ2) is 11.7. The number of terminal acetylenes is 1. The SMILES string of the molecule is C#C[C@]1(O)CC[C@@H]2[C@H]3CCC4=CC(=NOCC(=O)N[C@H](C(=O)O)[C@H](O)c5cccc([NH+]([O-])O)c5)CC[C@]4(C)[C@H]3CC[C@]21C. The summed E-state index contributed by atoms with van der Waals surface area (Å²) in [5.41, 5.74) is 0.746. The highest BCUT2D eigenvalue weighted by Crippen LogP contribution is 2.67. The maximum atomic E-state index is 12.5. The number of carboxylic acids is 1. The third-order valence-electron chi connectivity index (χ3n) is 11.1. The molecule has 0 radical (unpaired) electrons. The lowest BCUT2D eigenvalue weighted by Gasteiger charge is -2.58. The number of aliphatic hydroxyl groups is 2. The number of carbonyl (C=O) groups is 2. The number of aliphatic carboxylic acids is 1. The van der Waals surface area contributed by atoms with Crippen LogP contribution in [0.3, 0.4) is 0 Å². The number of hydrogen-bond acceptors (Lipinski definition) is 8. The van der Waals surface area contributed by atoms with E-state index in [1.165, 1.54) is 23.8 Å². The second-order valence-electron chi connectivity index (χ2n) is 13.1. The van der Waals surface area contributed by atoms with Crippen molar-refractivity contribution in [3.63, 3.8) is 0 Å². The second-order valence-corrected chi connectivity index (χ2v) is 13.1. The van der Waals surface area contributed by atoms with Crippen molar-refractivity contribution < 1.29 is 40.2 Å². The van der Waals surface area contributed by atoms with E-state index in [9.17, 15) is 35.3 Å². The fourth-order valence-corrected chi connectivity index (χ4v) is 8.61. The van der Waals surface area contributed by atoms with Crippen LogP contribution < -0.4 is 10.5 Å². The highest BCUT2D eigenvalue weighted by atomic mass is 16.8. The Kier molecular flexibility index (Phi) is 8.46. The van der Waals surface area contributed by atoms with Gasteiger partial charge in [-0.3, -0.25) is 4.79 Å². The van der Waals surface area contributed by atoms with Gasteiger partial charge in [-0.2, -0.15) is 5.23 Å². The molecule has 0 spiro atoms. The minimum Gasteiger partial charge on any atom is -0.595 e. The Bertz CT molecular complexity index is 1370. The van der Waals surface area contributed by atoms with Crippen LogP contribution in [0.2, 0.25) is 0 Å². The van der Waals surface area contributed by atoms with Crippen molar-refractivity contribution in [3.05, 3.63) is 46.7 Å². The first-order chi connectivity index (χ1) is 20.3. The van der Waals surface area contributed by atoms with E-state index in [-0.39, 0.29) is 22.1 Å². The number of nitrogens with one attached hydrogen (secondary N) is 2. The molecule has 1 amide bonds. The van der Waals surface area contributed by atoms with Gasteiger partial charge in [0.05, 0.1) is 5.71 Å². The van der Waals surface area contributed by atoms with E-state index in [1.54, 1.807) is 0 Å². The summed E-state index contributed by atoms with van der Waals surface area (Å²) in [5.74, 6) is 1.91. The molecule has 0 aromatic heterocycles. The maximum Gasteiger partial charge on any atom is 0.329 e. The van der Waals surface area contributed by atoms with Gasteiger partial charge in [0.15, 0.2) is 18.3 Å². The van der Waals surface area contributed by atoms with Gasteiger partial charge in [-0.1, -0.05) is 42.6 Å². The number of allylic oxidation sites excluding steroid dienone is 2. The van der Waals surface area contributed by atoms with Crippen LogP contribution in [0.5, 0.6) is 0 Å². The molecule has 232 valence electrons. The Morgan fingerprint density at radius 3 is 2.65 bits per heavy atom. The summed E-state index contributed by atoms with van der Waals surface area (Å²) in [6.07, 6.45) is 13.3. The summed E-state index contributed by atoms with van der Waals surface area (Å²) < 4.78 is 0. The first-order valence-electron chi connectivity index (χ1n) is 15.0. The normalized spacial score (nSPS) is 36.2. The first-order valence-corrected chi connectivity index (χ1v) is 15.0. The predicted octanol–water partition coefficient (Wildman–Crippen LogP) is 2.39. The summed E-state index contributed by atoms with van der Waals surface area (Å²) in [6.45, 7) is 3.98. The number of nitrogens with zero attached hydrogens (tertiary/aromatic N) is 1. The molecule has 3 saturated carbocycles. The van der Waals surface area contributed by atoms with Crippen molar-refractivity contribution in [1.82, 2.24) is 5.32 Å². The molecule has 0 heterocycles. The molecular formula is C32H41N3O8. The lowest BCUT2D eigenvalue weighted by molar-refractivity contribution is -0.991. The number of aliphatic hydroxyl groups excluding tert-OH is 1. The fraction of sp³-hybridized carbons (Fsp3) is 0.594. The van der Waals surface area contributed by atoms with E-state index in [4.69, 9.17) is 11.3 Å². The molecule has 0 aliphatic heterocycles. The van der Waals surface area contributed by atoms with Gasteiger partial charge in [0.1, 0.15) is 11.7 Å². The van der Waals surface area contributed by atoms with Crippen molar-refractivity contribution in [2.75, 3.05) is 6.61 Å². The van der Waals surface area contributed by atoms with Gasteiger partial charge in [0, 0.05) is 17.5 Å². The van der Waals surface area contributed by atoms with E-state index in [0.717, 1.165) is 50.3 Å². The van der Waals surface area contributed by atoms with Gasteiger partial charge in [0.25, 0.3) is 5.91 Å². The van der Waals surface area contributed by atoms with Crippen molar-refractivity contribution in [2.45, 2.75) is 83.0 Å². The topological polar surface area (TPSA) is 176 Å². The van der Waals surface area contributed by atoms with Gasteiger partial charge in [-0.25, -0.2) is 10.0 Å². The number of carbonyl (C=O) groups excluding carboxylic acids is 1. The van der Waals surface area contributed by atoms with Crippen LogP contribution in [0.25, 0.3) is 0 Å². The minimum atomic E-state index is -1.71. The van der Waals surface area contributed by atoms with Crippen LogP contribution in [0, 0.1) is 46.1 Å². The number of carboxylic acid groups (broad SMARTS) is 1. The Balaban J connectivity index is 1.20. The van der Waals surface area contributed by atoms with E-state index in [0.29, 0.717) is 30.6 Å². The molecule has 11 nitrogen and oxygen atoms in total. The highest BCUT2D eigenvalue weighted by Gasteiger charge is 2.63. The van der Waals surface area contributed by atoms with E-state index in [2.05, 4.69) is 36.3 Å². The zero-order valence-electron chi connectivity index (χ0n) is 24.6. The molecule has 1 aromatic carbocycles. The summed E-state index contributed by atoms with van der Waals surface area (Å²) >= 11 is 0. The number of rotatable bonds is 8. The molecule has 11 heteroatoms. The van der Waals surface area contributed by atoms with Crippen molar-refractivity contribution in [2.24, 2.45) is 33.7 Å². The molecular weight excluding hydrogens is 554 g/mol. The number of benzene rings is 1. The van der Waals surface area contributed by atoms with Crippen molar-refractivity contribution in [1.29, 1.82) is 0 Å². The number of quaternary nitrogens is 1. The van der Waals surface area contributed by atoms with Gasteiger partial charge >= 0.3 is 5.97 Å². The van der Waals surface area contributed by atoms with Crippen LogP contribution in [-0.2, 0) is 14.4 Å². The number of hydrogen-bond donors (Lipinski definition) is 6. The van der Waals surface area contributed by atoms with E-state index in [1.807, 2.05) is 0 Å². The van der Waals surface area contributed by atoms with Crippen molar-refractivity contribution in [3.8, 4) is 12.3 Å². The minimum absolute atomic E-state index is 0.0281. The Hall–Kier alpha value is -3.27. The molecule has 1 unspecified atom stereocenters.